The van der Waals surface area contributed by atoms with Crippen molar-refractivity contribution in [2.24, 2.45) is 17.8 Å². The third kappa shape index (κ3) is 72.2. The van der Waals surface area contributed by atoms with Gasteiger partial charge < -0.3 is 33.8 Å². The fourth-order valence-electron chi connectivity index (χ4n) is 12.0. The molecule has 0 aromatic carbocycles. The van der Waals surface area contributed by atoms with E-state index in [0.29, 0.717) is 25.7 Å². The summed E-state index contributed by atoms with van der Waals surface area (Å²) >= 11 is 0. The Balaban J connectivity index is 5.27. The molecule has 0 aliphatic carbocycles. The number of carbonyl (C=O) groups is 4. The SMILES string of the molecule is CCCCCCCCCCCCCCCC(=O)OC[C@H](COP(=O)(O)OC[C@H](O)COP(=O)(O)OC[C@@H](COC(=O)CCCCCCCCCCCCCC(C)C)OC(=O)CCCCCCCCCCCCCCCC(C)C)OC(=O)CCCCCCCCCCCCCC(C)C. The molecule has 0 aliphatic rings. The normalized spacial score (nSPS) is 14.0. The molecule has 0 saturated heterocycles. The van der Waals surface area contributed by atoms with Crippen LogP contribution < -0.4 is 0 Å². The minimum Gasteiger partial charge on any atom is -0.462 e. The monoisotopic (exact) mass is 1420 g/mol. The molecular weight excluding hydrogens is 1270 g/mol. The molecule has 0 fully saturated rings. The zero-order valence-corrected chi connectivity index (χ0v) is 65.3. The number of ether oxygens (including phenoxy) is 4. The Hall–Kier alpha value is -1.94. The molecule has 0 saturated carbocycles. The van der Waals surface area contributed by atoms with Crippen LogP contribution in [0.15, 0.2) is 0 Å². The summed E-state index contributed by atoms with van der Waals surface area (Å²) in [5.41, 5.74) is 0. The lowest BCUT2D eigenvalue weighted by Crippen LogP contribution is -2.30. The Morgan fingerprint density at radius 1 is 0.278 bits per heavy atom. The van der Waals surface area contributed by atoms with Gasteiger partial charge in [-0.2, -0.15) is 0 Å². The van der Waals surface area contributed by atoms with Gasteiger partial charge in [0, 0.05) is 25.7 Å². The number of hydrogen-bond acceptors (Lipinski definition) is 15. The van der Waals surface area contributed by atoms with E-state index in [1.807, 2.05) is 0 Å². The molecule has 97 heavy (non-hydrogen) atoms. The Labute approximate surface area is 594 Å². The second-order valence-electron chi connectivity index (χ2n) is 29.5. The topological polar surface area (TPSA) is 237 Å². The number of esters is 4. The van der Waals surface area contributed by atoms with Crippen LogP contribution in [0.3, 0.4) is 0 Å². The summed E-state index contributed by atoms with van der Waals surface area (Å²) in [7, 11) is -9.92. The average molecular weight is 1420 g/mol. The van der Waals surface area contributed by atoms with E-state index < -0.39 is 97.5 Å². The van der Waals surface area contributed by atoms with E-state index in [1.165, 1.54) is 212 Å². The second kappa shape index (κ2) is 68.5. The molecule has 19 heteroatoms. The van der Waals surface area contributed by atoms with Gasteiger partial charge in [0.25, 0.3) is 0 Å². The Kier molecular flexibility index (Phi) is 67.1. The van der Waals surface area contributed by atoms with Crippen LogP contribution in [0, 0.1) is 17.8 Å². The van der Waals surface area contributed by atoms with Gasteiger partial charge in [-0.15, -0.1) is 0 Å². The Morgan fingerprint density at radius 3 is 0.701 bits per heavy atom. The van der Waals surface area contributed by atoms with Gasteiger partial charge in [0.2, 0.25) is 0 Å². The summed E-state index contributed by atoms with van der Waals surface area (Å²) in [5.74, 6) is 0.210. The number of phosphoric ester groups is 2. The van der Waals surface area contributed by atoms with Crippen molar-refractivity contribution in [1.82, 2.24) is 0 Å². The first-order valence-corrected chi connectivity index (χ1v) is 43.3. The lowest BCUT2D eigenvalue weighted by atomic mass is 10.0. The van der Waals surface area contributed by atoms with Crippen LogP contribution in [0.5, 0.6) is 0 Å². The summed E-state index contributed by atoms with van der Waals surface area (Å²) in [6, 6.07) is 0. The largest absolute Gasteiger partial charge is 0.472 e. The minimum atomic E-state index is -4.96. The van der Waals surface area contributed by atoms with E-state index in [2.05, 4.69) is 48.5 Å². The van der Waals surface area contributed by atoms with Gasteiger partial charge in [-0.25, -0.2) is 9.13 Å². The number of aliphatic hydroxyl groups is 1. The highest BCUT2D eigenvalue weighted by Gasteiger charge is 2.30. The molecule has 0 aromatic heterocycles. The van der Waals surface area contributed by atoms with Crippen LogP contribution in [0.1, 0.15) is 402 Å². The maximum atomic E-state index is 13.1. The predicted octanol–water partition coefficient (Wildman–Crippen LogP) is 23.0. The minimum absolute atomic E-state index is 0.107. The number of phosphoric acid groups is 2. The fourth-order valence-corrected chi connectivity index (χ4v) is 13.5. The quantitative estimate of drug-likeness (QED) is 0.0222. The molecule has 0 rings (SSSR count). The summed E-state index contributed by atoms with van der Waals surface area (Å²) < 4.78 is 68.7. The number of unbranched alkanes of at least 4 members (excludes halogenated alkanes) is 44. The molecule has 576 valence electrons. The van der Waals surface area contributed by atoms with Gasteiger partial charge in [0.15, 0.2) is 12.2 Å². The van der Waals surface area contributed by atoms with Crippen LogP contribution in [0.2, 0.25) is 0 Å². The standard InChI is InChI=1S/C78H152O17P2/c1-8-9-10-11-12-13-14-16-24-31-38-45-52-59-75(80)88-65-74(95-78(83)62-55-48-41-34-27-20-23-30-37-44-51-58-71(6)7)68-93-97(86,87)91-64-72(79)63-90-96(84,85)92-67-73(66-89-76(81)60-53-46-39-32-26-19-22-29-36-43-50-57-70(4)5)94-77(82)61-54-47-40-33-25-18-15-17-21-28-35-42-49-56-69(2)3/h69-74,79H,8-68H2,1-7H3,(H,84,85)(H,86,87)/t72-,73-,74-/m1/s1. The lowest BCUT2D eigenvalue weighted by Gasteiger charge is -2.21. The highest BCUT2D eigenvalue weighted by molar-refractivity contribution is 7.47. The molecule has 5 atom stereocenters. The van der Waals surface area contributed by atoms with Crippen molar-refractivity contribution >= 4 is 39.5 Å². The van der Waals surface area contributed by atoms with Crippen molar-refractivity contribution in [2.45, 2.75) is 420 Å². The van der Waals surface area contributed by atoms with Crippen LogP contribution in [0.4, 0.5) is 0 Å². The average Bonchev–Trinajstić information content (AvgIpc) is 1.35. The van der Waals surface area contributed by atoms with Crippen molar-refractivity contribution in [3.05, 3.63) is 0 Å². The fraction of sp³-hybridized carbons (Fsp3) is 0.949. The molecule has 2 unspecified atom stereocenters. The number of aliphatic hydroxyl groups excluding tert-OH is 1. The predicted molar refractivity (Wildman–Crippen MR) is 395 cm³/mol. The van der Waals surface area contributed by atoms with Gasteiger partial charge >= 0.3 is 39.5 Å². The van der Waals surface area contributed by atoms with Crippen LogP contribution >= 0.6 is 15.6 Å². The third-order valence-corrected chi connectivity index (χ3v) is 20.0. The molecule has 0 bridgehead atoms. The first-order valence-electron chi connectivity index (χ1n) is 40.3. The lowest BCUT2D eigenvalue weighted by molar-refractivity contribution is -0.161. The summed E-state index contributed by atoms with van der Waals surface area (Å²) in [4.78, 5) is 73.0. The van der Waals surface area contributed by atoms with Gasteiger partial charge in [-0.3, -0.25) is 37.3 Å². The molecular formula is C78H152O17P2. The van der Waals surface area contributed by atoms with Crippen molar-refractivity contribution in [3.63, 3.8) is 0 Å². The number of hydrogen-bond donors (Lipinski definition) is 3. The maximum Gasteiger partial charge on any atom is 0.472 e. The summed E-state index contributed by atoms with van der Waals surface area (Å²) in [6.07, 6.45) is 55.3. The van der Waals surface area contributed by atoms with Crippen molar-refractivity contribution in [3.8, 4) is 0 Å². The Bertz CT molecular complexity index is 1890. The first-order chi connectivity index (χ1) is 46.7. The van der Waals surface area contributed by atoms with Gasteiger partial charge in [-0.05, 0) is 43.4 Å². The van der Waals surface area contributed by atoms with Gasteiger partial charge in [0.05, 0.1) is 26.4 Å². The molecule has 0 heterocycles. The third-order valence-electron chi connectivity index (χ3n) is 18.1. The highest BCUT2D eigenvalue weighted by Crippen LogP contribution is 2.45. The van der Waals surface area contributed by atoms with Crippen LogP contribution in [-0.4, -0.2) is 96.7 Å². The van der Waals surface area contributed by atoms with Crippen LogP contribution in [0.25, 0.3) is 0 Å². The van der Waals surface area contributed by atoms with E-state index in [4.69, 9.17) is 37.0 Å². The van der Waals surface area contributed by atoms with Crippen molar-refractivity contribution < 1.29 is 80.2 Å². The molecule has 0 aromatic rings. The zero-order valence-electron chi connectivity index (χ0n) is 63.5. The summed E-state index contributed by atoms with van der Waals surface area (Å²) in [6.45, 7) is 11.9. The zero-order chi connectivity index (χ0) is 71.6. The molecule has 0 spiro atoms. The first kappa shape index (κ1) is 95.1. The van der Waals surface area contributed by atoms with E-state index in [9.17, 15) is 43.2 Å². The number of rotatable bonds is 76. The molecule has 0 amide bonds. The second-order valence-corrected chi connectivity index (χ2v) is 32.4. The molecule has 0 aliphatic heterocycles. The Morgan fingerprint density at radius 2 is 0.474 bits per heavy atom. The van der Waals surface area contributed by atoms with E-state index in [1.54, 1.807) is 0 Å². The highest BCUT2D eigenvalue weighted by atomic mass is 31.2. The maximum absolute atomic E-state index is 13.1. The van der Waals surface area contributed by atoms with E-state index >= 15 is 0 Å². The van der Waals surface area contributed by atoms with E-state index in [0.717, 1.165) is 108 Å². The van der Waals surface area contributed by atoms with Gasteiger partial charge in [0.1, 0.15) is 19.3 Å². The van der Waals surface area contributed by atoms with Crippen molar-refractivity contribution in [1.29, 1.82) is 0 Å². The smallest absolute Gasteiger partial charge is 0.462 e. The number of carbonyl (C=O) groups excluding carboxylic acids is 4. The van der Waals surface area contributed by atoms with Gasteiger partial charge in [-0.1, -0.05) is 350 Å². The summed E-state index contributed by atoms with van der Waals surface area (Å²) in [5, 5.41) is 10.6. The van der Waals surface area contributed by atoms with Crippen molar-refractivity contribution in [2.75, 3.05) is 39.6 Å². The molecule has 17 nitrogen and oxygen atoms in total. The van der Waals surface area contributed by atoms with Crippen LogP contribution in [-0.2, 0) is 65.4 Å². The van der Waals surface area contributed by atoms with E-state index in [-0.39, 0.29) is 25.7 Å². The molecule has 3 N–H and O–H groups in total. The molecule has 0 radical (unpaired) electrons.